The summed E-state index contributed by atoms with van der Waals surface area (Å²) in [5.41, 5.74) is 2.11. The van der Waals surface area contributed by atoms with Gasteiger partial charge in [0.2, 0.25) is 5.91 Å². The standard InChI is InChI=1S/C18H15FN4O3/c1-3-16(24)20-14-9-11(7-8-13(14)19)10-23-15-6-4-5-12(18(25)26-2)17(15)21-22-23/h3-9H,1,10H2,2H3,(H,20,24). The molecule has 26 heavy (non-hydrogen) atoms. The molecule has 0 saturated heterocycles. The van der Waals surface area contributed by atoms with Gasteiger partial charge in [-0.25, -0.2) is 13.9 Å². The normalized spacial score (nSPS) is 10.5. The van der Waals surface area contributed by atoms with Crippen molar-refractivity contribution in [1.29, 1.82) is 0 Å². The Morgan fingerprint density at radius 2 is 2.15 bits per heavy atom. The number of ether oxygens (including phenoxy) is 1. The van der Waals surface area contributed by atoms with Crippen LogP contribution in [0.4, 0.5) is 10.1 Å². The summed E-state index contributed by atoms with van der Waals surface area (Å²) in [4.78, 5) is 23.2. The van der Waals surface area contributed by atoms with E-state index in [4.69, 9.17) is 4.74 Å². The number of carbonyl (C=O) groups is 2. The summed E-state index contributed by atoms with van der Waals surface area (Å²) < 4.78 is 20.2. The molecule has 0 aliphatic carbocycles. The van der Waals surface area contributed by atoms with Gasteiger partial charge < -0.3 is 10.1 Å². The lowest BCUT2D eigenvalue weighted by Gasteiger charge is -2.08. The van der Waals surface area contributed by atoms with Gasteiger partial charge in [-0.05, 0) is 35.9 Å². The van der Waals surface area contributed by atoms with Crippen molar-refractivity contribution < 1.29 is 18.7 Å². The van der Waals surface area contributed by atoms with Crippen LogP contribution in [0.2, 0.25) is 0 Å². The van der Waals surface area contributed by atoms with Gasteiger partial charge in [0.25, 0.3) is 0 Å². The molecule has 1 N–H and O–H groups in total. The number of nitrogens with zero attached hydrogens (tertiary/aromatic N) is 3. The maximum absolute atomic E-state index is 13.8. The van der Waals surface area contributed by atoms with Crippen molar-refractivity contribution >= 4 is 28.6 Å². The van der Waals surface area contributed by atoms with Crippen LogP contribution >= 0.6 is 0 Å². The molecule has 0 saturated carbocycles. The minimum atomic E-state index is -0.555. The van der Waals surface area contributed by atoms with Crippen LogP contribution in [0.15, 0.2) is 49.1 Å². The molecule has 1 amide bonds. The van der Waals surface area contributed by atoms with Gasteiger partial charge in [0.05, 0.1) is 30.4 Å². The van der Waals surface area contributed by atoms with Crippen molar-refractivity contribution in [1.82, 2.24) is 15.0 Å². The number of anilines is 1. The van der Waals surface area contributed by atoms with Gasteiger partial charge in [-0.1, -0.05) is 23.9 Å². The Balaban J connectivity index is 1.94. The van der Waals surface area contributed by atoms with E-state index < -0.39 is 17.7 Å². The second kappa shape index (κ2) is 7.14. The van der Waals surface area contributed by atoms with Crippen LogP contribution in [0.5, 0.6) is 0 Å². The zero-order chi connectivity index (χ0) is 18.7. The van der Waals surface area contributed by atoms with E-state index in [1.54, 1.807) is 28.9 Å². The highest BCUT2D eigenvalue weighted by Gasteiger charge is 2.15. The lowest BCUT2D eigenvalue weighted by atomic mass is 10.1. The molecule has 2 aromatic carbocycles. The fourth-order valence-electron chi connectivity index (χ4n) is 2.51. The first-order valence-electron chi connectivity index (χ1n) is 7.66. The molecule has 1 heterocycles. The Kier molecular flexibility index (Phi) is 4.74. The fourth-order valence-corrected chi connectivity index (χ4v) is 2.51. The number of fused-ring (bicyclic) bond motifs is 1. The number of hydrogen-bond acceptors (Lipinski definition) is 5. The van der Waals surface area contributed by atoms with Gasteiger partial charge in [-0.15, -0.1) is 5.10 Å². The van der Waals surface area contributed by atoms with Crippen molar-refractivity contribution in [3.63, 3.8) is 0 Å². The van der Waals surface area contributed by atoms with Crippen molar-refractivity contribution in [2.45, 2.75) is 6.54 Å². The third-order valence-electron chi connectivity index (χ3n) is 3.76. The number of carbonyl (C=O) groups excluding carboxylic acids is 2. The van der Waals surface area contributed by atoms with E-state index in [1.807, 2.05) is 0 Å². The second-order valence-corrected chi connectivity index (χ2v) is 5.42. The van der Waals surface area contributed by atoms with Crippen molar-refractivity contribution in [3.05, 3.63) is 66.0 Å². The summed E-state index contributed by atoms with van der Waals surface area (Å²) >= 11 is 0. The van der Waals surface area contributed by atoms with E-state index in [0.29, 0.717) is 22.2 Å². The molecule has 3 rings (SSSR count). The predicted molar refractivity (Wildman–Crippen MR) is 93.2 cm³/mol. The first-order valence-corrected chi connectivity index (χ1v) is 7.66. The third kappa shape index (κ3) is 3.30. The van der Waals surface area contributed by atoms with Crippen molar-refractivity contribution in [2.75, 3.05) is 12.4 Å². The van der Waals surface area contributed by atoms with Crippen LogP contribution in [0.1, 0.15) is 15.9 Å². The van der Waals surface area contributed by atoms with E-state index >= 15 is 0 Å². The molecular formula is C18H15FN4O3. The number of esters is 1. The summed E-state index contributed by atoms with van der Waals surface area (Å²) in [7, 11) is 1.29. The number of nitrogens with one attached hydrogen (secondary N) is 1. The van der Waals surface area contributed by atoms with E-state index in [2.05, 4.69) is 22.2 Å². The summed E-state index contributed by atoms with van der Waals surface area (Å²) in [6.45, 7) is 3.61. The summed E-state index contributed by atoms with van der Waals surface area (Å²) in [5.74, 6) is -1.56. The molecular weight excluding hydrogens is 339 g/mol. The fraction of sp³-hybridized carbons (Fsp3) is 0.111. The monoisotopic (exact) mass is 354 g/mol. The Hall–Kier alpha value is -3.55. The number of aromatic nitrogens is 3. The van der Waals surface area contributed by atoms with Gasteiger partial charge in [0.1, 0.15) is 11.3 Å². The Labute approximate surface area is 148 Å². The van der Waals surface area contributed by atoms with E-state index in [1.165, 1.54) is 19.2 Å². The Morgan fingerprint density at radius 3 is 2.88 bits per heavy atom. The summed E-state index contributed by atoms with van der Waals surface area (Å²) in [6.07, 6.45) is 1.06. The number of methoxy groups -OCH3 is 1. The lowest BCUT2D eigenvalue weighted by molar-refractivity contribution is -0.111. The average Bonchev–Trinajstić information content (AvgIpc) is 3.06. The molecule has 0 bridgehead atoms. The van der Waals surface area contributed by atoms with Gasteiger partial charge in [-0.2, -0.15) is 0 Å². The largest absolute Gasteiger partial charge is 0.465 e. The van der Waals surface area contributed by atoms with Crippen molar-refractivity contribution in [3.8, 4) is 0 Å². The molecule has 0 fully saturated rings. The molecule has 0 atom stereocenters. The van der Waals surface area contributed by atoms with Crippen LogP contribution in [-0.4, -0.2) is 34.0 Å². The summed E-state index contributed by atoms with van der Waals surface area (Å²) in [6, 6.07) is 9.42. The molecule has 0 aliphatic rings. The Bertz CT molecular complexity index is 1010. The number of benzene rings is 2. The molecule has 3 aromatic rings. The smallest absolute Gasteiger partial charge is 0.340 e. The molecule has 8 heteroatoms. The minimum Gasteiger partial charge on any atom is -0.465 e. The number of rotatable bonds is 5. The van der Waals surface area contributed by atoms with Crippen molar-refractivity contribution in [2.24, 2.45) is 0 Å². The van der Waals surface area contributed by atoms with E-state index in [-0.39, 0.29) is 12.2 Å². The second-order valence-electron chi connectivity index (χ2n) is 5.42. The minimum absolute atomic E-state index is 0.0482. The van der Waals surface area contributed by atoms with Crippen LogP contribution in [0.25, 0.3) is 11.0 Å². The molecule has 0 aliphatic heterocycles. The average molecular weight is 354 g/mol. The third-order valence-corrected chi connectivity index (χ3v) is 3.76. The number of amides is 1. The Morgan fingerprint density at radius 1 is 1.35 bits per heavy atom. The maximum Gasteiger partial charge on any atom is 0.340 e. The van der Waals surface area contributed by atoms with Gasteiger partial charge in [-0.3, -0.25) is 4.79 Å². The maximum atomic E-state index is 13.8. The molecule has 7 nitrogen and oxygen atoms in total. The zero-order valence-corrected chi connectivity index (χ0v) is 13.9. The molecule has 0 radical (unpaired) electrons. The zero-order valence-electron chi connectivity index (χ0n) is 13.9. The lowest BCUT2D eigenvalue weighted by Crippen LogP contribution is -2.10. The van der Waals surface area contributed by atoms with E-state index in [0.717, 1.165) is 6.08 Å². The van der Waals surface area contributed by atoms with Gasteiger partial charge >= 0.3 is 5.97 Å². The first-order chi connectivity index (χ1) is 12.5. The number of hydrogen-bond donors (Lipinski definition) is 1. The molecule has 0 unspecified atom stereocenters. The van der Waals surface area contributed by atoms with Gasteiger partial charge in [0, 0.05) is 0 Å². The molecule has 132 valence electrons. The highest BCUT2D eigenvalue weighted by atomic mass is 19.1. The van der Waals surface area contributed by atoms with Gasteiger partial charge in [0.15, 0.2) is 0 Å². The van der Waals surface area contributed by atoms with Crippen LogP contribution in [-0.2, 0) is 16.1 Å². The SMILES string of the molecule is C=CC(=O)Nc1cc(Cn2nnc3c(C(=O)OC)cccc32)ccc1F. The van der Waals surface area contributed by atoms with Crippen LogP contribution in [0.3, 0.4) is 0 Å². The van der Waals surface area contributed by atoms with Crippen LogP contribution < -0.4 is 5.32 Å². The molecule has 1 aromatic heterocycles. The van der Waals surface area contributed by atoms with Crippen LogP contribution in [0, 0.1) is 5.82 Å². The topological polar surface area (TPSA) is 86.1 Å². The van der Waals surface area contributed by atoms with E-state index in [9.17, 15) is 14.0 Å². The highest BCUT2D eigenvalue weighted by molar-refractivity contribution is 6.01. The molecule has 0 spiro atoms. The number of halogens is 1. The summed E-state index contributed by atoms with van der Waals surface area (Å²) in [5, 5.41) is 10.5. The first kappa shape index (κ1) is 17.3. The highest BCUT2D eigenvalue weighted by Crippen LogP contribution is 2.20. The quantitative estimate of drug-likeness (QED) is 0.562. The predicted octanol–water partition coefficient (Wildman–Crippen LogP) is 2.53.